The average molecular weight is 288 g/mol. The van der Waals surface area contributed by atoms with Crippen molar-refractivity contribution in [3.8, 4) is 5.75 Å². The minimum Gasteiger partial charge on any atom is -0.489 e. The van der Waals surface area contributed by atoms with Gasteiger partial charge in [0.15, 0.2) is 0 Å². The summed E-state index contributed by atoms with van der Waals surface area (Å²) in [5, 5.41) is 3.68. The lowest BCUT2D eigenvalue weighted by Gasteiger charge is -2.32. The van der Waals surface area contributed by atoms with Gasteiger partial charge in [-0.2, -0.15) is 0 Å². The second-order valence-corrected chi connectivity index (χ2v) is 5.70. The fourth-order valence-corrected chi connectivity index (χ4v) is 2.87. The lowest BCUT2D eigenvalue weighted by molar-refractivity contribution is 0.197. The molecule has 1 aromatic carbocycles. The molecule has 0 atom stereocenters. The summed E-state index contributed by atoms with van der Waals surface area (Å²) in [6.45, 7) is 11.1. The van der Waals surface area contributed by atoms with Gasteiger partial charge in [0.2, 0.25) is 0 Å². The zero-order valence-corrected chi connectivity index (χ0v) is 13.2. The van der Waals surface area contributed by atoms with E-state index in [4.69, 9.17) is 4.74 Å². The highest BCUT2D eigenvalue weighted by molar-refractivity contribution is 5.33. The Kier molecular flexibility index (Phi) is 6.77. The van der Waals surface area contributed by atoms with Crippen molar-refractivity contribution >= 4 is 0 Å². The molecule has 0 amide bonds. The van der Waals surface area contributed by atoms with Gasteiger partial charge in [-0.3, -0.25) is 0 Å². The molecule has 21 heavy (non-hydrogen) atoms. The molecule has 1 aliphatic heterocycles. The second kappa shape index (κ2) is 8.85. The Hall–Kier alpha value is -1.32. The van der Waals surface area contributed by atoms with Crippen LogP contribution < -0.4 is 10.1 Å². The average Bonchev–Trinajstić information content (AvgIpc) is 2.53. The van der Waals surface area contributed by atoms with Crippen LogP contribution in [0.1, 0.15) is 31.7 Å². The number of ether oxygens (including phenoxy) is 1. The molecule has 1 aliphatic rings. The minimum absolute atomic E-state index is 0.562. The zero-order valence-electron chi connectivity index (χ0n) is 13.2. The summed E-state index contributed by atoms with van der Waals surface area (Å²) in [6, 6.07) is 8.89. The van der Waals surface area contributed by atoms with E-state index in [9.17, 15) is 0 Å². The predicted octanol–water partition coefficient (Wildman–Crippen LogP) is 3.22. The molecule has 1 aromatic rings. The molecule has 1 heterocycles. The molecule has 3 heteroatoms. The summed E-state index contributed by atoms with van der Waals surface area (Å²) in [5.74, 6) is 0.966. The molecule has 0 bridgehead atoms. The molecular weight excluding hydrogens is 260 g/mol. The Morgan fingerprint density at radius 1 is 1.33 bits per heavy atom. The van der Waals surface area contributed by atoms with Crippen LogP contribution in [0.2, 0.25) is 0 Å². The van der Waals surface area contributed by atoms with E-state index in [0.29, 0.717) is 12.6 Å². The van der Waals surface area contributed by atoms with Crippen LogP contribution in [0.25, 0.3) is 0 Å². The molecule has 1 N–H and O–H groups in total. The van der Waals surface area contributed by atoms with E-state index in [1.807, 2.05) is 12.1 Å². The van der Waals surface area contributed by atoms with Crippen molar-refractivity contribution in [2.75, 3.05) is 26.2 Å². The topological polar surface area (TPSA) is 24.5 Å². The lowest BCUT2D eigenvalue weighted by atomic mass is 10.0. The summed E-state index contributed by atoms with van der Waals surface area (Å²) in [4.78, 5) is 2.57. The highest BCUT2D eigenvalue weighted by Gasteiger charge is 2.18. The van der Waals surface area contributed by atoms with Crippen LogP contribution in [-0.4, -0.2) is 37.2 Å². The van der Waals surface area contributed by atoms with Gasteiger partial charge in [0.1, 0.15) is 12.4 Å². The predicted molar refractivity (Wildman–Crippen MR) is 88.7 cm³/mol. The van der Waals surface area contributed by atoms with Crippen molar-refractivity contribution in [2.45, 2.75) is 38.8 Å². The number of likely N-dealkylation sites (tertiary alicyclic amines) is 1. The third-order valence-corrected chi connectivity index (χ3v) is 4.04. The molecule has 0 saturated carbocycles. The van der Waals surface area contributed by atoms with Crippen molar-refractivity contribution < 1.29 is 4.74 Å². The van der Waals surface area contributed by atoms with Crippen molar-refractivity contribution in [2.24, 2.45) is 0 Å². The van der Waals surface area contributed by atoms with E-state index in [1.165, 1.54) is 44.5 Å². The molecule has 0 aliphatic carbocycles. The number of piperidine rings is 1. The number of hydrogen-bond donors (Lipinski definition) is 1. The van der Waals surface area contributed by atoms with E-state index in [2.05, 4.69) is 35.9 Å². The smallest absolute Gasteiger partial charge is 0.124 e. The molecule has 1 saturated heterocycles. The highest BCUT2D eigenvalue weighted by atomic mass is 16.5. The highest BCUT2D eigenvalue weighted by Crippen LogP contribution is 2.19. The maximum absolute atomic E-state index is 5.71. The van der Waals surface area contributed by atoms with Crippen LogP contribution >= 0.6 is 0 Å². The summed E-state index contributed by atoms with van der Waals surface area (Å²) in [5.41, 5.74) is 1.23. The molecule has 0 spiro atoms. The van der Waals surface area contributed by atoms with Crippen LogP contribution in [0.5, 0.6) is 5.75 Å². The van der Waals surface area contributed by atoms with Crippen molar-refractivity contribution in [1.29, 1.82) is 0 Å². The first-order chi connectivity index (χ1) is 10.3. The van der Waals surface area contributed by atoms with Gasteiger partial charge in [-0.1, -0.05) is 37.8 Å². The van der Waals surface area contributed by atoms with Crippen molar-refractivity contribution in [3.63, 3.8) is 0 Å². The van der Waals surface area contributed by atoms with E-state index in [0.717, 1.165) is 12.3 Å². The van der Waals surface area contributed by atoms with E-state index in [1.54, 1.807) is 6.08 Å². The van der Waals surface area contributed by atoms with E-state index in [-0.39, 0.29) is 0 Å². The largest absolute Gasteiger partial charge is 0.489 e. The maximum atomic E-state index is 5.71. The molecular formula is C18H28N2O. The third kappa shape index (κ3) is 5.18. The summed E-state index contributed by atoms with van der Waals surface area (Å²) in [6.07, 6.45) is 5.53. The first-order valence-corrected chi connectivity index (χ1v) is 8.10. The minimum atomic E-state index is 0.562. The molecule has 2 rings (SSSR count). The number of nitrogens with zero attached hydrogens (tertiary/aromatic N) is 1. The van der Waals surface area contributed by atoms with Gasteiger partial charge in [-0.25, -0.2) is 0 Å². The molecule has 0 radical (unpaired) electrons. The van der Waals surface area contributed by atoms with Gasteiger partial charge in [0, 0.05) is 18.2 Å². The number of nitrogens with one attached hydrogen (secondary N) is 1. The SMILES string of the molecule is C=CCOc1ccccc1CNC1CCN(CCC)CC1. The molecule has 3 nitrogen and oxygen atoms in total. The maximum Gasteiger partial charge on any atom is 0.124 e. The number of benzene rings is 1. The fourth-order valence-electron chi connectivity index (χ4n) is 2.87. The molecule has 0 unspecified atom stereocenters. The van der Waals surface area contributed by atoms with Crippen molar-refractivity contribution in [3.05, 3.63) is 42.5 Å². The summed E-state index contributed by atoms with van der Waals surface area (Å²) >= 11 is 0. The van der Waals surface area contributed by atoms with Crippen molar-refractivity contribution in [1.82, 2.24) is 10.2 Å². The first-order valence-electron chi connectivity index (χ1n) is 8.10. The Labute approximate surface area is 129 Å². The van der Waals surface area contributed by atoms with E-state index < -0.39 is 0 Å². The van der Waals surface area contributed by atoms with Gasteiger partial charge in [0.25, 0.3) is 0 Å². The molecule has 116 valence electrons. The van der Waals surface area contributed by atoms with Crippen LogP contribution in [0.3, 0.4) is 0 Å². The molecule has 0 aromatic heterocycles. The van der Waals surface area contributed by atoms with Gasteiger partial charge in [-0.05, 0) is 45.0 Å². The van der Waals surface area contributed by atoms with Gasteiger partial charge < -0.3 is 15.0 Å². The lowest BCUT2D eigenvalue weighted by Crippen LogP contribution is -2.42. The zero-order chi connectivity index (χ0) is 14.9. The Balaban J connectivity index is 1.79. The van der Waals surface area contributed by atoms with Gasteiger partial charge in [0.05, 0.1) is 0 Å². The van der Waals surface area contributed by atoms with Crippen LogP contribution in [-0.2, 0) is 6.54 Å². The standard InChI is InChI=1S/C18H28N2O/c1-3-11-20-12-9-17(10-13-20)19-15-16-7-5-6-8-18(16)21-14-4-2/h4-8,17,19H,2-3,9-15H2,1H3. The fraction of sp³-hybridized carbons (Fsp3) is 0.556. The molecule has 1 fully saturated rings. The quantitative estimate of drug-likeness (QED) is 0.743. The van der Waals surface area contributed by atoms with E-state index >= 15 is 0 Å². The Morgan fingerprint density at radius 3 is 2.81 bits per heavy atom. The Bertz CT molecular complexity index is 425. The van der Waals surface area contributed by atoms with Crippen LogP contribution in [0.4, 0.5) is 0 Å². The normalized spacial score (nSPS) is 16.8. The summed E-state index contributed by atoms with van der Waals surface area (Å²) < 4.78 is 5.71. The van der Waals surface area contributed by atoms with Crippen LogP contribution in [0.15, 0.2) is 36.9 Å². The number of para-hydroxylation sites is 1. The second-order valence-electron chi connectivity index (χ2n) is 5.70. The Morgan fingerprint density at radius 2 is 2.10 bits per heavy atom. The third-order valence-electron chi connectivity index (χ3n) is 4.04. The monoisotopic (exact) mass is 288 g/mol. The van der Waals surface area contributed by atoms with Crippen LogP contribution in [0, 0.1) is 0 Å². The summed E-state index contributed by atoms with van der Waals surface area (Å²) in [7, 11) is 0. The first kappa shape index (κ1) is 16.1. The van der Waals surface area contributed by atoms with Gasteiger partial charge >= 0.3 is 0 Å². The number of hydrogen-bond acceptors (Lipinski definition) is 3. The van der Waals surface area contributed by atoms with Gasteiger partial charge in [-0.15, -0.1) is 0 Å². The number of rotatable bonds is 8.